The number of hydrogen-bond donors (Lipinski definition) is 1. The highest BCUT2D eigenvalue weighted by Gasteiger charge is 2.19. The lowest BCUT2D eigenvalue weighted by molar-refractivity contribution is -0.862. The summed E-state index contributed by atoms with van der Waals surface area (Å²) in [6, 6.07) is 6.21. The summed E-state index contributed by atoms with van der Waals surface area (Å²) in [7, 11) is 10.0. The summed E-state index contributed by atoms with van der Waals surface area (Å²) in [6.07, 6.45) is 3.87. The van der Waals surface area contributed by atoms with E-state index in [0.717, 1.165) is 30.0 Å². The highest BCUT2D eigenvalue weighted by molar-refractivity contribution is 14.0. The van der Waals surface area contributed by atoms with Gasteiger partial charge in [0, 0.05) is 51.8 Å². The maximum Gasteiger partial charge on any atom is 0.275 e. The van der Waals surface area contributed by atoms with Crippen LogP contribution in [0, 0.1) is 6.92 Å². The minimum Gasteiger partial charge on any atom is -1.00 e. The summed E-state index contributed by atoms with van der Waals surface area (Å²) in [5.74, 6) is 0.0804. The van der Waals surface area contributed by atoms with Gasteiger partial charge in [-0.05, 0) is 37.6 Å². The molecule has 0 bridgehead atoms. The van der Waals surface area contributed by atoms with Gasteiger partial charge < -0.3 is 48.5 Å². The van der Waals surface area contributed by atoms with Crippen LogP contribution in [0.4, 0.5) is 11.4 Å². The second-order valence-electron chi connectivity index (χ2n) is 8.54. The van der Waals surface area contributed by atoms with Crippen LogP contribution in [0.5, 0.6) is 0 Å². The van der Waals surface area contributed by atoms with Crippen LogP contribution in [0.15, 0.2) is 40.8 Å². The summed E-state index contributed by atoms with van der Waals surface area (Å²) >= 11 is 0. The SMILES string of the molecule is CCN(CCNC(=O)C[N+](C)(C)C)c1ccc(/N=N/C2N(C)C=CN2C)c(C)c1.I.[I-]. The van der Waals surface area contributed by atoms with Crippen molar-refractivity contribution in [2.75, 3.05) is 66.3 Å². The lowest BCUT2D eigenvalue weighted by atomic mass is 10.1. The number of quaternary nitrogens is 1. The number of carbonyl (C=O) groups is 1. The van der Waals surface area contributed by atoms with E-state index in [1.54, 1.807) is 0 Å². The van der Waals surface area contributed by atoms with E-state index in [4.69, 9.17) is 0 Å². The molecule has 1 heterocycles. The molecule has 0 spiro atoms. The van der Waals surface area contributed by atoms with Crippen molar-refractivity contribution < 1.29 is 33.3 Å². The van der Waals surface area contributed by atoms with Crippen molar-refractivity contribution in [3.05, 3.63) is 36.2 Å². The third-order valence-electron chi connectivity index (χ3n) is 4.78. The van der Waals surface area contributed by atoms with Crippen molar-refractivity contribution in [3.63, 3.8) is 0 Å². The number of nitrogens with zero attached hydrogens (tertiary/aromatic N) is 6. The first kappa shape index (κ1) is 29.9. The maximum atomic E-state index is 12.0. The number of likely N-dealkylation sites (N-methyl/N-ethyl adjacent to an activating group) is 2. The molecule has 176 valence electrons. The Kier molecular flexibility index (Phi) is 12.9. The number of amides is 1. The average molecular weight is 657 g/mol. The molecule has 1 aromatic rings. The van der Waals surface area contributed by atoms with Gasteiger partial charge in [-0.2, -0.15) is 5.11 Å². The molecule has 0 aromatic heterocycles. The zero-order valence-electron chi connectivity index (χ0n) is 19.7. The number of carbonyl (C=O) groups excluding carboxylic acids is 1. The number of azo groups is 1. The molecular weight excluding hydrogens is 620 g/mol. The van der Waals surface area contributed by atoms with Crippen LogP contribution in [0.2, 0.25) is 0 Å². The van der Waals surface area contributed by atoms with Crippen LogP contribution >= 0.6 is 24.0 Å². The van der Waals surface area contributed by atoms with Crippen LogP contribution in [0.25, 0.3) is 0 Å². The Morgan fingerprint density at radius 1 is 1.19 bits per heavy atom. The quantitative estimate of drug-likeness (QED) is 0.231. The number of anilines is 1. The van der Waals surface area contributed by atoms with Gasteiger partial charge in [0.1, 0.15) is 0 Å². The largest absolute Gasteiger partial charge is 1.00 e. The molecule has 2 rings (SSSR count). The predicted molar refractivity (Wildman–Crippen MR) is 133 cm³/mol. The number of nitrogens with one attached hydrogen (secondary N) is 1. The monoisotopic (exact) mass is 657 g/mol. The van der Waals surface area contributed by atoms with E-state index in [0.29, 0.717) is 17.6 Å². The third kappa shape index (κ3) is 9.48. The molecule has 10 heteroatoms. The summed E-state index contributed by atoms with van der Waals surface area (Å²) in [5, 5.41) is 11.9. The fourth-order valence-electron chi connectivity index (χ4n) is 3.16. The van der Waals surface area contributed by atoms with Gasteiger partial charge in [-0.3, -0.25) is 4.79 Å². The van der Waals surface area contributed by atoms with Crippen LogP contribution < -0.4 is 34.2 Å². The second-order valence-corrected chi connectivity index (χ2v) is 8.54. The molecule has 1 aromatic carbocycles. The fourth-order valence-corrected chi connectivity index (χ4v) is 3.16. The first-order chi connectivity index (χ1) is 13.6. The standard InChI is InChI=1S/C21H35N7O.2HI/c1-8-27(12-11-22-20(29)16-28(5,6)7)18-9-10-19(17(2)15-18)23-24-21-25(3)13-14-26(21)4;;/h9-10,13-15,21H,8,11-12,16H2,1-7H3;2*1H/b24-23+;;. The Hall–Kier alpha value is -1.15. The van der Waals surface area contributed by atoms with Crippen molar-refractivity contribution in [2.45, 2.75) is 20.1 Å². The molecule has 0 fully saturated rings. The number of rotatable bonds is 9. The zero-order valence-corrected chi connectivity index (χ0v) is 24.2. The highest BCUT2D eigenvalue weighted by atomic mass is 127. The van der Waals surface area contributed by atoms with Gasteiger partial charge >= 0.3 is 0 Å². The summed E-state index contributed by atoms with van der Waals surface area (Å²) < 4.78 is 0.626. The maximum absolute atomic E-state index is 12.0. The molecule has 0 atom stereocenters. The van der Waals surface area contributed by atoms with Crippen LogP contribution in [0.1, 0.15) is 12.5 Å². The molecular formula is C21H37I2N7O. The minimum absolute atomic E-state index is 0. The third-order valence-corrected chi connectivity index (χ3v) is 4.78. The molecule has 31 heavy (non-hydrogen) atoms. The summed E-state index contributed by atoms with van der Waals surface area (Å²) in [6.45, 7) is 6.91. The first-order valence-electron chi connectivity index (χ1n) is 10.1. The molecule has 0 saturated heterocycles. The van der Waals surface area contributed by atoms with Gasteiger partial charge in [-0.15, -0.1) is 29.1 Å². The van der Waals surface area contributed by atoms with E-state index >= 15 is 0 Å². The first-order valence-corrected chi connectivity index (χ1v) is 10.1. The van der Waals surface area contributed by atoms with Gasteiger partial charge in [0.05, 0.1) is 26.8 Å². The smallest absolute Gasteiger partial charge is 0.275 e. The highest BCUT2D eigenvalue weighted by Crippen LogP contribution is 2.26. The minimum atomic E-state index is -0.100. The van der Waals surface area contributed by atoms with E-state index in [9.17, 15) is 4.79 Å². The molecule has 0 radical (unpaired) electrons. The van der Waals surface area contributed by atoms with E-state index in [-0.39, 0.29) is 60.2 Å². The molecule has 1 amide bonds. The van der Waals surface area contributed by atoms with Crippen molar-refractivity contribution in [1.82, 2.24) is 15.1 Å². The normalized spacial score (nSPS) is 13.9. The summed E-state index contributed by atoms with van der Waals surface area (Å²) in [4.78, 5) is 18.3. The van der Waals surface area contributed by atoms with Gasteiger partial charge in [-0.1, -0.05) is 0 Å². The molecule has 0 saturated carbocycles. The van der Waals surface area contributed by atoms with Crippen molar-refractivity contribution in [2.24, 2.45) is 10.2 Å². The number of aryl methyl sites for hydroxylation is 1. The van der Waals surface area contributed by atoms with Crippen molar-refractivity contribution >= 4 is 41.3 Å². The Labute approximate surface area is 221 Å². The Balaban J connectivity index is 0.00000450. The molecule has 1 aliphatic rings. The molecule has 8 nitrogen and oxygen atoms in total. The van der Waals surface area contributed by atoms with Crippen molar-refractivity contribution in [1.29, 1.82) is 0 Å². The number of hydrogen-bond acceptors (Lipinski definition) is 6. The molecule has 1 aliphatic heterocycles. The fraction of sp³-hybridized carbons (Fsp3) is 0.571. The van der Waals surface area contributed by atoms with Crippen LogP contribution in [0.3, 0.4) is 0 Å². The lowest BCUT2D eigenvalue weighted by Crippen LogP contribution is -3.00. The second kappa shape index (κ2) is 13.4. The summed E-state index contributed by atoms with van der Waals surface area (Å²) in [5.41, 5.74) is 3.08. The van der Waals surface area contributed by atoms with Gasteiger partial charge in [0.15, 0.2) is 6.54 Å². The number of benzene rings is 1. The van der Waals surface area contributed by atoms with Crippen LogP contribution in [-0.2, 0) is 4.79 Å². The van der Waals surface area contributed by atoms with Crippen LogP contribution in [-0.4, -0.2) is 87.9 Å². The molecule has 0 unspecified atom stereocenters. The lowest BCUT2D eigenvalue weighted by Gasteiger charge is -2.25. The van der Waals surface area contributed by atoms with E-state index in [2.05, 4.69) is 46.4 Å². The zero-order chi connectivity index (χ0) is 21.6. The number of halogens is 2. The average Bonchev–Trinajstić information content (AvgIpc) is 2.94. The molecule has 0 aliphatic carbocycles. The van der Waals surface area contributed by atoms with E-state index < -0.39 is 0 Å². The van der Waals surface area contributed by atoms with Gasteiger partial charge in [0.2, 0.25) is 6.29 Å². The van der Waals surface area contributed by atoms with Crippen molar-refractivity contribution in [3.8, 4) is 0 Å². The van der Waals surface area contributed by atoms with Gasteiger partial charge in [0.25, 0.3) is 5.91 Å². The van der Waals surface area contributed by atoms with E-state index in [1.807, 2.05) is 63.5 Å². The van der Waals surface area contributed by atoms with Gasteiger partial charge in [-0.25, -0.2) is 0 Å². The Morgan fingerprint density at radius 3 is 2.32 bits per heavy atom. The predicted octanol–water partition coefficient (Wildman–Crippen LogP) is -0.0186. The Morgan fingerprint density at radius 2 is 1.81 bits per heavy atom. The topological polar surface area (TPSA) is 63.5 Å². The Bertz CT molecular complexity index is 753. The van der Waals surface area contributed by atoms with E-state index in [1.165, 1.54) is 0 Å². The molecule has 1 N–H and O–H groups in total.